The van der Waals surface area contributed by atoms with Crippen molar-refractivity contribution in [2.24, 2.45) is 28.7 Å². The minimum Gasteiger partial charge on any atom is -0.282 e. The van der Waals surface area contributed by atoms with E-state index in [1.54, 1.807) is 0 Å². The van der Waals surface area contributed by atoms with Gasteiger partial charge in [-0.15, -0.1) is 0 Å². The molecule has 4 rings (SSSR count). The molecule has 1 aromatic rings. The van der Waals surface area contributed by atoms with Gasteiger partial charge in [-0.05, 0) is 74.0 Å². The lowest BCUT2D eigenvalue weighted by Gasteiger charge is -2.39. The first-order chi connectivity index (χ1) is 9.74. The van der Waals surface area contributed by atoms with Crippen LogP contribution in [-0.2, 0) is 0 Å². The number of nitrogens with zero attached hydrogens (tertiary/aromatic N) is 1. The summed E-state index contributed by atoms with van der Waals surface area (Å²) in [4.78, 5) is 3.71. The lowest BCUT2D eigenvalue weighted by molar-refractivity contribution is 0.154. The molecule has 5 unspecified atom stereocenters. The molecule has 0 radical (unpaired) electrons. The molecule has 1 N–H and O–H groups in total. The van der Waals surface area contributed by atoms with Crippen molar-refractivity contribution in [3.8, 4) is 0 Å². The van der Waals surface area contributed by atoms with Crippen LogP contribution >= 0.6 is 0 Å². The van der Waals surface area contributed by atoms with Gasteiger partial charge in [-0.1, -0.05) is 24.3 Å². The zero-order valence-electron chi connectivity index (χ0n) is 11.9. The van der Waals surface area contributed by atoms with Crippen LogP contribution in [0.25, 0.3) is 0 Å². The first-order valence-electron chi connectivity index (χ1n) is 7.90. The summed E-state index contributed by atoms with van der Waals surface area (Å²) in [6.07, 6.45) is 7.36. The second-order valence-electron chi connectivity index (χ2n) is 7.07. The maximum absolute atomic E-state index is 7.72. The molecule has 0 aliphatic heterocycles. The van der Waals surface area contributed by atoms with Gasteiger partial charge >= 0.3 is 0 Å². The summed E-state index contributed by atoms with van der Waals surface area (Å²) in [5.41, 5.74) is 2.37. The molecule has 0 saturated heterocycles. The molecule has 0 spiro atoms. The van der Waals surface area contributed by atoms with Gasteiger partial charge < -0.3 is 0 Å². The Labute approximate surface area is 120 Å². The van der Waals surface area contributed by atoms with E-state index in [-0.39, 0.29) is 5.84 Å². The summed E-state index contributed by atoms with van der Waals surface area (Å²) in [6.45, 7) is 3.43. The highest BCUT2D eigenvalue weighted by atomic mass is 14.8. The van der Waals surface area contributed by atoms with E-state index < -0.39 is 0 Å². The van der Waals surface area contributed by atoms with Crippen LogP contribution in [0.15, 0.2) is 29.3 Å². The van der Waals surface area contributed by atoms with Crippen molar-refractivity contribution in [3.63, 3.8) is 0 Å². The number of benzene rings is 1. The number of hydrogen-bond donors (Lipinski definition) is 1. The molecular formula is C18H22N2. The standard InChI is InChI=1S/C18H22N2/c1-20-18(19)14-4-2-13(3-5-14)16-9-11-6-12-8-15(7-11)17(16)10-12/h2-5,11-12,15-17,19H,1,6-10H2. The van der Waals surface area contributed by atoms with Crippen molar-refractivity contribution in [1.82, 2.24) is 0 Å². The van der Waals surface area contributed by atoms with Gasteiger partial charge in [-0.3, -0.25) is 5.41 Å². The fourth-order valence-corrected chi connectivity index (χ4v) is 5.32. The number of aliphatic imine (C=N–C) groups is 1. The molecule has 2 nitrogen and oxygen atoms in total. The Bertz CT molecular complexity index is 543. The lowest BCUT2D eigenvalue weighted by Crippen LogP contribution is -2.28. The molecular weight excluding hydrogens is 244 g/mol. The van der Waals surface area contributed by atoms with Crippen molar-refractivity contribution < 1.29 is 0 Å². The zero-order chi connectivity index (χ0) is 13.7. The predicted octanol–water partition coefficient (Wildman–Crippen LogP) is 4.25. The second-order valence-corrected chi connectivity index (χ2v) is 7.07. The minimum absolute atomic E-state index is 0.279. The van der Waals surface area contributed by atoms with E-state index in [1.807, 2.05) is 0 Å². The van der Waals surface area contributed by atoms with Crippen LogP contribution in [0.5, 0.6) is 0 Å². The lowest BCUT2D eigenvalue weighted by atomic mass is 9.65. The van der Waals surface area contributed by atoms with Crippen LogP contribution < -0.4 is 0 Å². The van der Waals surface area contributed by atoms with E-state index in [4.69, 9.17) is 5.41 Å². The summed E-state index contributed by atoms with van der Waals surface area (Å²) < 4.78 is 0. The summed E-state index contributed by atoms with van der Waals surface area (Å²) in [7, 11) is 0. The minimum atomic E-state index is 0.279. The Morgan fingerprint density at radius 3 is 2.40 bits per heavy atom. The Balaban J connectivity index is 1.61. The summed E-state index contributed by atoms with van der Waals surface area (Å²) in [5.74, 6) is 5.00. The van der Waals surface area contributed by atoms with E-state index in [0.717, 1.165) is 35.2 Å². The average molecular weight is 266 g/mol. The Hall–Kier alpha value is -1.44. The van der Waals surface area contributed by atoms with Crippen LogP contribution in [0.4, 0.5) is 0 Å². The molecule has 3 fully saturated rings. The molecule has 0 amide bonds. The number of rotatable bonds is 2. The highest BCUT2D eigenvalue weighted by molar-refractivity contribution is 5.99. The normalized spacial score (nSPS) is 37.9. The third kappa shape index (κ3) is 1.85. The molecule has 3 saturated carbocycles. The third-order valence-electron chi connectivity index (χ3n) is 6.02. The molecule has 3 bridgehead atoms. The van der Waals surface area contributed by atoms with Crippen LogP contribution in [0.3, 0.4) is 0 Å². The first kappa shape index (κ1) is 12.3. The van der Waals surface area contributed by atoms with Gasteiger partial charge in [0.1, 0.15) is 0 Å². The van der Waals surface area contributed by atoms with E-state index >= 15 is 0 Å². The van der Waals surface area contributed by atoms with E-state index in [2.05, 4.69) is 36.0 Å². The van der Waals surface area contributed by atoms with Crippen LogP contribution in [0.1, 0.15) is 49.1 Å². The number of amidine groups is 1. The molecule has 1 aromatic carbocycles. The number of hydrogen-bond acceptors (Lipinski definition) is 1. The Morgan fingerprint density at radius 1 is 1.00 bits per heavy atom. The molecule has 5 atom stereocenters. The van der Waals surface area contributed by atoms with Crippen molar-refractivity contribution in [2.45, 2.75) is 38.0 Å². The topological polar surface area (TPSA) is 36.2 Å². The van der Waals surface area contributed by atoms with Gasteiger partial charge in [0.25, 0.3) is 0 Å². The van der Waals surface area contributed by atoms with E-state index in [1.165, 1.54) is 37.7 Å². The number of nitrogens with one attached hydrogen (secondary N) is 1. The molecule has 20 heavy (non-hydrogen) atoms. The Morgan fingerprint density at radius 2 is 1.70 bits per heavy atom. The SMILES string of the molecule is C=NC(=N)c1ccc(C2CC3CC4CC(C3)C2C4)cc1. The Kier molecular flexibility index (Phi) is 2.80. The molecule has 2 heteroatoms. The highest BCUT2D eigenvalue weighted by Gasteiger charge is 2.48. The van der Waals surface area contributed by atoms with Crippen molar-refractivity contribution >= 4 is 12.6 Å². The van der Waals surface area contributed by atoms with E-state index in [0.29, 0.717) is 0 Å². The summed E-state index contributed by atoms with van der Waals surface area (Å²) in [6, 6.07) is 8.57. The van der Waals surface area contributed by atoms with Crippen LogP contribution in [0, 0.1) is 29.1 Å². The molecule has 3 aliphatic carbocycles. The maximum atomic E-state index is 7.72. The summed E-state index contributed by atoms with van der Waals surface area (Å²) >= 11 is 0. The number of fused-ring (bicyclic) bond motifs is 2. The fraction of sp³-hybridized carbons (Fsp3) is 0.556. The predicted molar refractivity (Wildman–Crippen MR) is 82.6 cm³/mol. The molecule has 104 valence electrons. The highest BCUT2D eigenvalue weighted by Crippen LogP contribution is 2.59. The summed E-state index contributed by atoms with van der Waals surface area (Å²) in [5, 5.41) is 7.72. The average Bonchev–Trinajstić information content (AvgIpc) is 2.70. The zero-order valence-corrected chi connectivity index (χ0v) is 11.9. The second kappa shape index (κ2) is 4.54. The molecule has 0 heterocycles. The first-order valence-corrected chi connectivity index (χ1v) is 7.90. The fourth-order valence-electron chi connectivity index (χ4n) is 5.32. The van der Waals surface area contributed by atoms with Crippen LogP contribution in [-0.4, -0.2) is 12.6 Å². The largest absolute Gasteiger partial charge is 0.282 e. The van der Waals surface area contributed by atoms with Gasteiger partial charge in [-0.2, -0.15) is 0 Å². The molecule has 0 aromatic heterocycles. The van der Waals surface area contributed by atoms with Crippen molar-refractivity contribution in [1.29, 1.82) is 5.41 Å². The monoisotopic (exact) mass is 266 g/mol. The quantitative estimate of drug-likeness (QED) is 0.613. The van der Waals surface area contributed by atoms with Crippen molar-refractivity contribution in [3.05, 3.63) is 35.4 Å². The maximum Gasteiger partial charge on any atom is 0.151 e. The van der Waals surface area contributed by atoms with Gasteiger partial charge in [0.05, 0.1) is 0 Å². The van der Waals surface area contributed by atoms with Gasteiger partial charge in [0.2, 0.25) is 0 Å². The third-order valence-corrected chi connectivity index (χ3v) is 6.02. The van der Waals surface area contributed by atoms with Crippen LogP contribution in [0.2, 0.25) is 0 Å². The van der Waals surface area contributed by atoms with Crippen molar-refractivity contribution in [2.75, 3.05) is 0 Å². The van der Waals surface area contributed by atoms with Gasteiger partial charge in [0.15, 0.2) is 5.84 Å². The van der Waals surface area contributed by atoms with E-state index in [9.17, 15) is 0 Å². The smallest absolute Gasteiger partial charge is 0.151 e. The van der Waals surface area contributed by atoms with Gasteiger partial charge in [0, 0.05) is 5.56 Å². The molecule has 3 aliphatic rings. The van der Waals surface area contributed by atoms with Gasteiger partial charge in [-0.25, -0.2) is 4.99 Å².